The fourth-order valence-corrected chi connectivity index (χ4v) is 36.4. The first kappa shape index (κ1) is 38.6. The average molecular weight is 877 g/mol. The Balaban J connectivity index is 0.000000317. The second-order valence-electron chi connectivity index (χ2n) is 18.8. The second kappa shape index (κ2) is 15.5. The number of hydrogen-bond donors (Lipinski definition) is 0. The number of hydrogen-bond acceptors (Lipinski definition) is 0. The third kappa shape index (κ3) is 7.86. The Hall–Kier alpha value is -3.68. The topological polar surface area (TPSA) is 0 Å². The SMILES string of the molecule is [CH2]=[Hf]([CH2]c1ccccc1)([CH2]c1ccccc1)([CH]1C=CC=C1)[CH]1c2cc(C(C)(C)C)ccc2-c2ccc(C(C)(C)C)cc21.c1ccc([C]2CCCCC2)cc1. The summed E-state index contributed by atoms with van der Waals surface area (Å²) in [6.45, 7) is 14.1. The summed E-state index contributed by atoms with van der Waals surface area (Å²) in [6.07, 6.45) is 16.4. The van der Waals surface area contributed by atoms with Crippen molar-refractivity contribution in [2.45, 2.75) is 100 Å². The van der Waals surface area contributed by atoms with Crippen molar-refractivity contribution in [3.63, 3.8) is 0 Å². The van der Waals surface area contributed by atoms with E-state index in [1.165, 1.54) is 82.2 Å². The maximum Gasteiger partial charge on any atom is 0.00498 e. The van der Waals surface area contributed by atoms with Crippen LogP contribution in [0.1, 0.15) is 116 Å². The van der Waals surface area contributed by atoms with Crippen LogP contribution >= 0.6 is 0 Å². The predicted molar refractivity (Wildman–Crippen MR) is 232 cm³/mol. The van der Waals surface area contributed by atoms with E-state index in [4.69, 9.17) is 4.26 Å². The normalized spacial score (nSPS) is 16.5. The van der Waals surface area contributed by atoms with Crippen LogP contribution in [0.3, 0.4) is 0 Å². The van der Waals surface area contributed by atoms with Gasteiger partial charge in [-0.25, -0.2) is 0 Å². The Bertz CT molecular complexity index is 2040. The molecular weight excluding hydrogens is 815 g/mol. The minimum atomic E-state index is -4.51. The monoisotopic (exact) mass is 877 g/mol. The first-order valence-electron chi connectivity index (χ1n) is 20.5. The fraction of sp³-hybridized carbons (Fsp3) is 0.321. The van der Waals surface area contributed by atoms with Crippen LogP contribution in [0.2, 0.25) is 3.67 Å². The first-order chi connectivity index (χ1) is 25.8. The van der Waals surface area contributed by atoms with Crippen LogP contribution in [0.15, 0.2) is 152 Å². The van der Waals surface area contributed by atoms with Gasteiger partial charge in [0.2, 0.25) is 0 Å². The van der Waals surface area contributed by atoms with E-state index in [1.54, 1.807) is 5.92 Å². The minimum Gasteiger partial charge on any atom is -0.0622 e. The minimum absolute atomic E-state index is 0.0739. The summed E-state index contributed by atoms with van der Waals surface area (Å²) < 4.78 is 8.60. The molecule has 0 saturated heterocycles. The molecular formula is C53H61Hf. The largest absolute Gasteiger partial charge is 0.0622 e. The van der Waals surface area contributed by atoms with Crippen molar-refractivity contribution in [3.8, 4) is 11.1 Å². The van der Waals surface area contributed by atoms with Gasteiger partial charge < -0.3 is 0 Å². The molecule has 0 aliphatic heterocycles. The summed E-state index contributed by atoms with van der Waals surface area (Å²) in [7, 11) is 0. The van der Waals surface area contributed by atoms with E-state index in [2.05, 4.69) is 193 Å². The molecule has 3 aliphatic rings. The Kier molecular flexibility index (Phi) is 11.0. The Morgan fingerprint density at radius 1 is 0.537 bits per heavy atom. The van der Waals surface area contributed by atoms with Crippen LogP contribution in [0.4, 0.5) is 0 Å². The van der Waals surface area contributed by atoms with E-state index in [1.807, 2.05) is 0 Å². The molecule has 0 nitrogen and oxygen atoms in total. The van der Waals surface area contributed by atoms with Crippen molar-refractivity contribution in [3.05, 3.63) is 197 Å². The van der Waals surface area contributed by atoms with Crippen LogP contribution in [0, 0.1) is 5.92 Å². The molecule has 3 aliphatic carbocycles. The number of rotatable bonds is 7. The van der Waals surface area contributed by atoms with Crippen LogP contribution in [-0.4, -0.2) is 4.26 Å². The van der Waals surface area contributed by atoms with Crippen molar-refractivity contribution >= 4 is 4.26 Å². The van der Waals surface area contributed by atoms with Gasteiger partial charge in [-0.05, 0) is 18.4 Å². The van der Waals surface area contributed by atoms with Gasteiger partial charge in [0, 0.05) is 5.92 Å². The van der Waals surface area contributed by atoms with Crippen molar-refractivity contribution < 1.29 is 18.0 Å². The van der Waals surface area contributed by atoms with Gasteiger partial charge in [-0.15, -0.1) is 0 Å². The zero-order valence-corrected chi connectivity index (χ0v) is 37.3. The molecule has 277 valence electrons. The molecule has 1 fully saturated rings. The average Bonchev–Trinajstić information content (AvgIpc) is 3.84. The van der Waals surface area contributed by atoms with E-state index in [9.17, 15) is 0 Å². The third-order valence-corrected chi connectivity index (χ3v) is 38.0. The van der Waals surface area contributed by atoms with Crippen LogP contribution in [-0.2, 0) is 37.2 Å². The number of allylic oxidation sites excluding steroid dienone is 4. The molecule has 0 N–H and O–H groups in total. The van der Waals surface area contributed by atoms with E-state index in [-0.39, 0.29) is 10.8 Å². The molecule has 0 spiro atoms. The summed E-state index contributed by atoms with van der Waals surface area (Å²) in [4.78, 5) is 0. The first-order valence-corrected chi connectivity index (χ1v) is 32.3. The number of fused-ring (bicyclic) bond motifs is 3. The Morgan fingerprint density at radius 2 is 0.963 bits per heavy atom. The molecule has 0 unspecified atom stereocenters. The molecule has 0 amide bonds. The molecule has 0 atom stereocenters. The van der Waals surface area contributed by atoms with Crippen molar-refractivity contribution in [1.29, 1.82) is 0 Å². The molecule has 5 aromatic rings. The van der Waals surface area contributed by atoms with E-state index in [0.29, 0.717) is 7.35 Å². The van der Waals surface area contributed by atoms with Crippen LogP contribution < -0.4 is 0 Å². The second-order valence-corrected chi connectivity index (χ2v) is 41.2. The number of benzene rings is 5. The van der Waals surface area contributed by atoms with E-state index in [0.717, 1.165) is 8.35 Å². The van der Waals surface area contributed by atoms with Crippen LogP contribution in [0.25, 0.3) is 11.1 Å². The molecule has 1 radical (unpaired) electrons. The molecule has 0 bridgehead atoms. The Morgan fingerprint density at radius 3 is 1.39 bits per heavy atom. The van der Waals surface area contributed by atoms with Gasteiger partial charge in [-0.3, -0.25) is 0 Å². The molecule has 0 aromatic heterocycles. The smallest absolute Gasteiger partial charge is 0.00498 e. The Labute approximate surface area is 328 Å². The van der Waals surface area contributed by atoms with Gasteiger partial charge in [-0.1, -0.05) is 49.6 Å². The summed E-state index contributed by atoms with van der Waals surface area (Å²) in [5.74, 6) is 1.67. The summed E-state index contributed by atoms with van der Waals surface area (Å²) in [6, 6.07) is 48.2. The quantitative estimate of drug-likeness (QED) is 0.143. The molecule has 1 saturated carbocycles. The maximum absolute atomic E-state index is 5.75. The predicted octanol–water partition coefficient (Wildman–Crippen LogP) is 14.4. The zero-order chi connectivity index (χ0) is 38.0. The molecule has 0 heterocycles. The van der Waals surface area contributed by atoms with E-state index >= 15 is 0 Å². The van der Waals surface area contributed by atoms with Gasteiger partial charge in [0.15, 0.2) is 0 Å². The van der Waals surface area contributed by atoms with Crippen molar-refractivity contribution in [2.75, 3.05) is 0 Å². The van der Waals surface area contributed by atoms with Crippen molar-refractivity contribution in [2.24, 2.45) is 0 Å². The van der Waals surface area contributed by atoms with Crippen molar-refractivity contribution in [1.82, 2.24) is 0 Å². The standard InChI is InChI=1S/C21H25.C12H15.2C7H7.C5H5.CH2.Hf/c1-20(2,3)16-7-9-18-14(12-16)11-15-13-17(21(4,5)6)8-10-19(15)18;1-3-7-11(8-4-1)12-9-5-2-6-10-12;2*1-7-5-3-2-4-6-7;1-2-4-5-3-1;;/h7-13H,1-6H3;1,3-4,7-8H,2,5-6,9-10H2;2*2-6H,1H2;1-5H;1H2;. The molecule has 5 aromatic carbocycles. The van der Waals surface area contributed by atoms with Gasteiger partial charge in [0.1, 0.15) is 0 Å². The summed E-state index contributed by atoms with van der Waals surface area (Å²) in [5, 5.41) is 0. The molecule has 8 rings (SSSR count). The summed E-state index contributed by atoms with van der Waals surface area (Å²) in [5.41, 5.74) is 13.2. The molecule has 54 heavy (non-hydrogen) atoms. The van der Waals surface area contributed by atoms with Gasteiger partial charge >= 0.3 is 256 Å². The van der Waals surface area contributed by atoms with Gasteiger partial charge in [0.05, 0.1) is 0 Å². The summed E-state index contributed by atoms with van der Waals surface area (Å²) >= 11 is -4.51. The van der Waals surface area contributed by atoms with E-state index < -0.39 is 18.0 Å². The fourth-order valence-electron chi connectivity index (χ4n) is 9.86. The van der Waals surface area contributed by atoms with Crippen LogP contribution in [0.5, 0.6) is 0 Å². The van der Waals surface area contributed by atoms with Gasteiger partial charge in [0.25, 0.3) is 0 Å². The molecule has 1 heteroatoms. The van der Waals surface area contributed by atoms with Gasteiger partial charge in [-0.2, -0.15) is 0 Å². The zero-order valence-electron chi connectivity index (χ0n) is 33.7. The third-order valence-electron chi connectivity index (χ3n) is 12.8. The maximum atomic E-state index is 5.75.